The molecule has 1 aromatic heterocycles. The van der Waals surface area contributed by atoms with Crippen LogP contribution in [0.3, 0.4) is 0 Å². The van der Waals surface area contributed by atoms with Gasteiger partial charge >= 0.3 is 0 Å². The molecule has 17 heavy (non-hydrogen) atoms. The van der Waals surface area contributed by atoms with Gasteiger partial charge in [0.1, 0.15) is 0 Å². The van der Waals surface area contributed by atoms with Crippen LogP contribution in [0.4, 0.5) is 4.39 Å². The van der Waals surface area contributed by atoms with Crippen LogP contribution in [0.1, 0.15) is 21.5 Å². The lowest BCUT2D eigenvalue weighted by Crippen LogP contribution is -2.07. The summed E-state index contributed by atoms with van der Waals surface area (Å²) in [5.74, 6) is -0.787. The van der Waals surface area contributed by atoms with Gasteiger partial charge in [0.25, 0.3) is 0 Å². The molecule has 2 rings (SSSR count). The third-order valence-electron chi connectivity index (χ3n) is 2.69. The zero-order chi connectivity index (χ0) is 12.3. The molecule has 0 aliphatic heterocycles. The van der Waals surface area contributed by atoms with Crippen molar-refractivity contribution in [3.63, 3.8) is 0 Å². The lowest BCUT2D eigenvalue weighted by atomic mass is 10.00. The molecule has 0 bridgehead atoms. The van der Waals surface area contributed by atoms with E-state index in [2.05, 4.69) is 4.98 Å². The van der Waals surface area contributed by atoms with E-state index in [1.54, 1.807) is 0 Å². The summed E-state index contributed by atoms with van der Waals surface area (Å²) in [6.07, 6.45) is 2.70. The molecule has 1 aromatic carbocycles. The second kappa shape index (κ2) is 4.87. The minimum Gasteiger partial charge on any atom is -0.294 e. The number of nitrogens with zero attached hydrogens (tertiary/aromatic N) is 1. The number of rotatable bonds is 3. The summed E-state index contributed by atoms with van der Waals surface area (Å²) < 4.78 is 13.4. The van der Waals surface area contributed by atoms with Crippen LogP contribution in [0.5, 0.6) is 0 Å². The Balaban J connectivity index is 2.24. The van der Waals surface area contributed by atoms with Gasteiger partial charge in [-0.25, -0.2) is 4.39 Å². The largest absolute Gasteiger partial charge is 0.294 e. The molecule has 0 spiro atoms. The van der Waals surface area contributed by atoms with Crippen molar-refractivity contribution >= 4 is 5.78 Å². The molecule has 0 unspecified atom stereocenters. The fourth-order valence-electron chi connectivity index (χ4n) is 1.68. The van der Waals surface area contributed by atoms with Crippen LogP contribution in [0, 0.1) is 12.7 Å². The van der Waals surface area contributed by atoms with Crippen molar-refractivity contribution in [3.8, 4) is 0 Å². The van der Waals surface area contributed by atoms with Gasteiger partial charge in [-0.05, 0) is 24.1 Å². The molecule has 3 heteroatoms. The SMILES string of the molecule is Cc1ccccc1CC(=O)c1ccncc1F. The Bertz CT molecular complexity index is 551. The molecule has 0 saturated carbocycles. The first-order valence-electron chi connectivity index (χ1n) is 5.35. The van der Waals surface area contributed by atoms with Crippen LogP contribution in [0.25, 0.3) is 0 Å². The van der Waals surface area contributed by atoms with Crippen molar-refractivity contribution in [1.29, 1.82) is 0 Å². The molecule has 0 saturated heterocycles. The van der Waals surface area contributed by atoms with Crippen LogP contribution < -0.4 is 0 Å². The predicted molar refractivity (Wildman–Crippen MR) is 63.4 cm³/mol. The standard InChI is InChI=1S/C14H12FNO/c1-10-4-2-3-5-11(10)8-14(17)12-6-7-16-9-13(12)15/h2-7,9H,8H2,1H3. The molecule has 2 aromatic rings. The maximum absolute atomic E-state index is 13.4. The van der Waals surface area contributed by atoms with Gasteiger partial charge in [-0.15, -0.1) is 0 Å². The Hall–Kier alpha value is -2.03. The molecule has 2 nitrogen and oxygen atoms in total. The smallest absolute Gasteiger partial charge is 0.170 e. The fraction of sp³-hybridized carbons (Fsp3) is 0.143. The highest BCUT2D eigenvalue weighted by atomic mass is 19.1. The van der Waals surface area contributed by atoms with E-state index >= 15 is 0 Å². The minimum absolute atomic E-state index is 0.100. The number of aromatic nitrogens is 1. The van der Waals surface area contributed by atoms with Gasteiger partial charge in [0.15, 0.2) is 11.6 Å². The number of ketones is 1. The maximum atomic E-state index is 13.4. The topological polar surface area (TPSA) is 30.0 Å². The number of hydrogen-bond donors (Lipinski definition) is 0. The van der Waals surface area contributed by atoms with Crippen LogP contribution in [0.2, 0.25) is 0 Å². The van der Waals surface area contributed by atoms with Crippen LogP contribution >= 0.6 is 0 Å². The van der Waals surface area contributed by atoms with Crippen molar-refractivity contribution in [2.24, 2.45) is 0 Å². The summed E-state index contributed by atoms with van der Waals surface area (Å²) in [5.41, 5.74) is 2.06. The molecule has 0 amide bonds. The maximum Gasteiger partial charge on any atom is 0.170 e. The van der Waals surface area contributed by atoms with Gasteiger partial charge in [-0.2, -0.15) is 0 Å². The average Bonchev–Trinajstić information content (AvgIpc) is 2.32. The lowest BCUT2D eigenvalue weighted by molar-refractivity contribution is 0.0988. The number of aryl methyl sites for hydroxylation is 1. The minimum atomic E-state index is -0.564. The molecule has 0 radical (unpaired) electrons. The summed E-state index contributed by atoms with van der Waals surface area (Å²) >= 11 is 0. The van der Waals surface area contributed by atoms with Crippen molar-refractivity contribution in [3.05, 3.63) is 65.2 Å². The molecule has 0 N–H and O–H groups in total. The van der Waals surface area contributed by atoms with Gasteiger partial charge in [0, 0.05) is 12.6 Å². The Kier molecular flexibility index (Phi) is 3.28. The molecular weight excluding hydrogens is 217 g/mol. The van der Waals surface area contributed by atoms with E-state index in [0.29, 0.717) is 0 Å². The lowest BCUT2D eigenvalue weighted by Gasteiger charge is -2.05. The van der Waals surface area contributed by atoms with Gasteiger partial charge < -0.3 is 0 Å². The normalized spacial score (nSPS) is 10.2. The predicted octanol–water partition coefficient (Wildman–Crippen LogP) is 2.95. The molecule has 86 valence electrons. The van der Waals surface area contributed by atoms with Crippen molar-refractivity contribution < 1.29 is 9.18 Å². The highest BCUT2D eigenvalue weighted by molar-refractivity contribution is 5.97. The number of hydrogen-bond acceptors (Lipinski definition) is 2. The monoisotopic (exact) mass is 229 g/mol. The fourth-order valence-corrected chi connectivity index (χ4v) is 1.68. The Labute approximate surface area is 99.1 Å². The average molecular weight is 229 g/mol. The third kappa shape index (κ3) is 2.56. The summed E-state index contributed by atoms with van der Waals surface area (Å²) in [6, 6.07) is 9.02. The molecule has 0 aliphatic carbocycles. The highest BCUT2D eigenvalue weighted by Crippen LogP contribution is 2.13. The quantitative estimate of drug-likeness (QED) is 0.757. The first-order valence-corrected chi connectivity index (χ1v) is 5.35. The highest BCUT2D eigenvalue weighted by Gasteiger charge is 2.12. The zero-order valence-corrected chi connectivity index (χ0v) is 9.48. The number of pyridine rings is 1. The molecule has 0 fully saturated rings. The first kappa shape index (κ1) is 11.5. The van der Waals surface area contributed by atoms with Crippen LogP contribution in [0.15, 0.2) is 42.7 Å². The van der Waals surface area contributed by atoms with Gasteiger partial charge in [0.2, 0.25) is 0 Å². The van der Waals surface area contributed by atoms with Crippen molar-refractivity contribution in [1.82, 2.24) is 4.98 Å². The summed E-state index contributed by atoms with van der Waals surface area (Å²) in [7, 11) is 0. The van der Waals surface area contributed by atoms with Crippen molar-refractivity contribution in [2.45, 2.75) is 13.3 Å². The Morgan fingerprint density at radius 3 is 2.76 bits per heavy atom. The van der Waals surface area contributed by atoms with E-state index < -0.39 is 5.82 Å². The number of carbonyl (C=O) groups is 1. The number of carbonyl (C=O) groups excluding carboxylic acids is 1. The van der Waals surface area contributed by atoms with E-state index in [1.165, 1.54) is 12.3 Å². The van der Waals surface area contributed by atoms with E-state index in [1.807, 2.05) is 31.2 Å². The second-order valence-corrected chi connectivity index (χ2v) is 3.88. The number of benzene rings is 1. The van der Waals surface area contributed by atoms with E-state index in [0.717, 1.165) is 17.3 Å². The molecule has 0 aliphatic rings. The van der Waals surface area contributed by atoms with E-state index in [-0.39, 0.29) is 17.8 Å². The Morgan fingerprint density at radius 2 is 2.06 bits per heavy atom. The summed E-state index contributed by atoms with van der Waals surface area (Å²) in [4.78, 5) is 15.5. The molecule has 0 atom stereocenters. The zero-order valence-electron chi connectivity index (χ0n) is 9.48. The first-order chi connectivity index (χ1) is 8.18. The van der Waals surface area contributed by atoms with Gasteiger partial charge in [-0.1, -0.05) is 24.3 Å². The van der Waals surface area contributed by atoms with Crippen LogP contribution in [-0.4, -0.2) is 10.8 Å². The third-order valence-corrected chi connectivity index (χ3v) is 2.69. The summed E-state index contributed by atoms with van der Waals surface area (Å²) in [5, 5.41) is 0. The molecule has 1 heterocycles. The van der Waals surface area contributed by atoms with Crippen LogP contribution in [-0.2, 0) is 6.42 Å². The number of halogens is 1. The van der Waals surface area contributed by atoms with Gasteiger partial charge in [0.05, 0.1) is 11.8 Å². The van der Waals surface area contributed by atoms with E-state index in [9.17, 15) is 9.18 Å². The summed E-state index contributed by atoms with van der Waals surface area (Å²) in [6.45, 7) is 1.94. The molecular formula is C14H12FNO. The number of Topliss-reactive ketones (excluding diaryl/α,β-unsaturated/α-hetero) is 1. The van der Waals surface area contributed by atoms with E-state index in [4.69, 9.17) is 0 Å². The second-order valence-electron chi connectivity index (χ2n) is 3.88. The van der Waals surface area contributed by atoms with Crippen molar-refractivity contribution in [2.75, 3.05) is 0 Å². The Morgan fingerprint density at radius 1 is 1.29 bits per heavy atom. The van der Waals surface area contributed by atoms with Gasteiger partial charge in [-0.3, -0.25) is 9.78 Å².